The van der Waals surface area contributed by atoms with Crippen molar-refractivity contribution in [1.29, 1.82) is 0 Å². The van der Waals surface area contributed by atoms with Crippen molar-refractivity contribution < 1.29 is 4.39 Å². The van der Waals surface area contributed by atoms with Gasteiger partial charge in [0.25, 0.3) is 0 Å². The second kappa shape index (κ2) is 4.69. The molecule has 0 radical (unpaired) electrons. The molecule has 2 rings (SSSR count). The average molecular weight is 244 g/mol. The van der Waals surface area contributed by atoms with Crippen molar-refractivity contribution in [2.45, 2.75) is 13.8 Å². The van der Waals surface area contributed by atoms with Gasteiger partial charge in [0.1, 0.15) is 11.5 Å². The molecule has 2 aromatic carbocycles. The molecule has 0 aliphatic carbocycles. The van der Waals surface area contributed by atoms with E-state index < -0.39 is 0 Å². The fourth-order valence-electron chi connectivity index (χ4n) is 1.95. The highest BCUT2D eigenvalue weighted by atomic mass is 19.1. The van der Waals surface area contributed by atoms with Crippen molar-refractivity contribution in [2.75, 3.05) is 17.7 Å². The second-order valence-electron chi connectivity index (χ2n) is 4.51. The lowest BCUT2D eigenvalue weighted by atomic mass is 10.1. The number of hydrogen-bond acceptors (Lipinski definition) is 2. The summed E-state index contributed by atoms with van der Waals surface area (Å²) in [4.78, 5) is 1.77. The first-order valence-corrected chi connectivity index (χ1v) is 5.85. The highest BCUT2D eigenvalue weighted by molar-refractivity contribution is 5.75. The van der Waals surface area contributed by atoms with Crippen LogP contribution in [0.4, 0.5) is 21.5 Å². The standard InChI is InChI=1S/C15H17FN2/c1-10-7-8-12(9-11(10)2)18(3)15-13(16)5-4-6-14(15)17/h4-9H,17H2,1-3H3. The molecule has 0 aliphatic rings. The largest absolute Gasteiger partial charge is 0.397 e. The van der Waals surface area contributed by atoms with E-state index in [2.05, 4.69) is 6.92 Å². The summed E-state index contributed by atoms with van der Waals surface area (Å²) in [5.41, 5.74) is 10.0. The van der Waals surface area contributed by atoms with Gasteiger partial charge < -0.3 is 10.6 Å². The van der Waals surface area contributed by atoms with Crippen LogP contribution in [0.15, 0.2) is 36.4 Å². The predicted molar refractivity (Wildman–Crippen MR) is 74.8 cm³/mol. The highest BCUT2D eigenvalue weighted by Crippen LogP contribution is 2.32. The van der Waals surface area contributed by atoms with Crippen LogP contribution in [0.3, 0.4) is 0 Å². The van der Waals surface area contributed by atoms with Gasteiger partial charge in [-0.15, -0.1) is 0 Å². The third-order valence-electron chi connectivity index (χ3n) is 3.23. The molecule has 0 atom stereocenters. The summed E-state index contributed by atoms with van der Waals surface area (Å²) in [5.74, 6) is -0.310. The number of nitrogens with two attached hydrogens (primary N) is 1. The lowest BCUT2D eigenvalue weighted by Crippen LogP contribution is -2.13. The molecule has 0 fully saturated rings. The predicted octanol–water partition coefficient (Wildman–Crippen LogP) is 3.79. The zero-order valence-corrected chi connectivity index (χ0v) is 10.9. The number of benzene rings is 2. The van der Waals surface area contributed by atoms with Crippen LogP contribution in [0.1, 0.15) is 11.1 Å². The van der Waals surface area contributed by atoms with Crippen molar-refractivity contribution in [3.05, 3.63) is 53.3 Å². The Kier molecular flexibility index (Phi) is 3.24. The van der Waals surface area contributed by atoms with Crippen molar-refractivity contribution in [2.24, 2.45) is 0 Å². The molecule has 2 nitrogen and oxygen atoms in total. The van der Waals surface area contributed by atoms with E-state index in [9.17, 15) is 4.39 Å². The Labute approximate surface area is 107 Å². The lowest BCUT2D eigenvalue weighted by molar-refractivity contribution is 0.628. The first-order valence-electron chi connectivity index (χ1n) is 5.85. The van der Waals surface area contributed by atoms with E-state index in [1.165, 1.54) is 17.2 Å². The number of para-hydroxylation sites is 1. The third kappa shape index (κ3) is 2.16. The fourth-order valence-corrected chi connectivity index (χ4v) is 1.95. The Morgan fingerprint density at radius 2 is 1.78 bits per heavy atom. The van der Waals surface area contributed by atoms with Crippen LogP contribution in [0.2, 0.25) is 0 Å². The maximum Gasteiger partial charge on any atom is 0.148 e. The van der Waals surface area contributed by atoms with Crippen LogP contribution in [0.25, 0.3) is 0 Å². The molecular weight excluding hydrogens is 227 g/mol. The number of anilines is 3. The quantitative estimate of drug-likeness (QED) is 0.814. The van der Waals surface area contributed by atoms with E-state index in [-0.39, 0.29) is 5.82 Å². The van der Waals surface area contributed by atoms with E-state index >= 15 is 0 Å². The van der Waals surface area contributed by atoms with Gasteiger partial charge in [-0.1, -0.05) is 12.1 Å². The Bertz CT molecular complexity index is 558. The summed E-state index contributed by atoms with van der Waals surface area (Å²) >= 11 is 0. The van der Waals surface area contributed by atoms with Gasteiger partial charge in [-0.3, -0.25) is 0 Å². The first-order chi connectivity index (χ1) is 8.50. The van der Waals surface area contributed by atoms with Crippen LogP contribution in [-0.4, -0.2) is 7.05 Å². The third-order valence-corrected chi connectivity index (χ3v) is 3.23. The van der Waals surface area contributed by atoms with Crippen LogP contribution < -0.4 is 10.6 Å². The number of nitrogens with zero attached hydrogens (tertiary/aromatic N) is 1. The molecular formula is C15H17FN2. The summed E-state index contributed by atoms with van der Waals surface area (Å²) in [6, 6.07) is 10.8. The lowest BCUT2D eigenvalue weighted by Gasteiger charge is -2.22. The molecule has 2 aromatic rings. The van der Waals surface area contributed by atoms with Crippen LogP contribution >= 0.6 is 0 Å². The van der Waals surface area contributed by atoms with E-state index in [1.54, 1.807) is 17.0 Å². The minimum atomic E-state index is -0.310. The molecule has 0 spiro atoms. The molecule has 18 heavy (non-hydrogen) atoms. The molecule has 2 N–H and O–H groups in total. The Morgan fingerprint density at radius 1 is 1.06 bits per heavy atom. The average Bonchev–Trinajstić information content (AvgIpc) is 2.32. The summed E-state index contributed by atoms with van der Waals surface area (Å²) < 4.78 is 13.8. The van der Waals surface area contributed by atoms with E-state index in [4.69, 9.17) is 5.73 Å². The maximum atomic E-state index is 13.8. The van der Waals surface area contributed by atoms with Gasteiger partial charge in [0, 0.05) is 12.7 Å². The molecule has 0 unspecified atom stereocenters. The maximum absolute atomic E-state index is 13.8. The topological polar surface area (TPSA) is 29.3 Å². The molecule has 3 heteroatoms. The molecule has 0 saturated heterocycles. The minimum absolute atomic E-state index is 0.310. The number of aryl methyl sites for hydroxylation is 2. The van der Waals surface area contributed by atoms with Gasteiger partial charge in [0.05, 0.1) is 5.69 Å². The van der Waals surface area contributed by atoms with Gasteiger partial charge in [-0.25, -0.2) is 4.39 Å². The van der Waals surface area contributed by atoms with Gasteiger partial charge in [-0.05, 0) is 49.2 Å². The van der Waals surface area contributed by atoms with Gasteiger partial charge in [-0.2, -0.15) is 0 Å². The SMILES string of the molecule is Cc1ccc(N(C)c2c(N)cccc2F)cc1C. The summed E-state index contributed by atoms with van der Waals surface area (Å²) in [7, 11) is 1.82. The smallest absolute Gasteiger partial charge is 0.148 e. The second-order valence-corrected chi connectivity index (χ2v) is 4.51. The Morgan fingerprint density at radius 3 is 2.39 bits per heavy atom. The number of nitrogen functional groups attached to an aromatic ring is 1. The van der Waals surface area contributed by atoms with Crippen LogP contribution in [0.5, 0.6) is 0 Å². The summed E-state index contributed by atoms with van der Waals surface area (Å²) in [6.45, 7) is 4.09. The van der Waals surface area contributed by atoms with Crippen LogP contribution in [0, 0.1) is 19.7 Å². The van der Waals surface area contributed by atoms with Crippen molar-refractivity contribution >= 4 is 17.1 Å². The number of rotatable bonds is 2. The normalized spacial score (nSPS) is 10.4. The summed E-state index contributed by atoms with van der Waals surface area (Å²) in [5, 5.41) is 0. The fraction of sp³-hybridized carbons (Fsp3) is 0.200. The van der Waals surface area contributed by atoms with Crippen molar-refractivity contribution in [3.8, 4) is 0 Å². The molecule has 0 amide bonds. The van der Waals surface area contributed by atoms with Gasteiger partial charge in [0.2, 0.25) is 0 Å². The van der Waals surface area contributed by atoms with E-state index in [0.717, 1.165) is 5.69 Å². The van der Waals surface area contributed by atoms with Crippen molar-refractivity contribution in [3.63, 3.8) is 0 Å². The summed E-state index contributed by atoms with van der Waals surface area (Å²) in [6.07, 6.45) is 0. The molecule has 0 heterocycles. The number of halogens is 1. The zero-order chi connectivity index (χ0) is 13.3. The molecule has 0 saturated carbocycles. The molecule has 0 aliphatic heterocycles. The van der Waals surface area contributed by atoms with Crippen molar-refractivity contribution in [1.82, 2.24) is 0 Å². The van der Waals surface area contributed by atoms with E-state index in [1.807, 2.05) is 32.2 Å². The molecule has 94 valence electrons. The van der Waals surface area contributed by atoms with E-state index in [0.29, 0.717) is 11.4 Å². The highest BCUT2D eigenvalue weighted by Gasteiger charge is 2.13. The monoisotopic (exact) mass is 244 g/mol. The minimum Gasteiger partial charge on any atom is -0.397 e. The molecule has 0 bridgehead atoms. The zero-order valence-electron chi connectivity index (χ0n) is 10.9. The Hall–Kier alpha value is -2.03. The van der Waals surface area contributed by atoms with Gasteiger partial charge in [0.15, 0.2) is 0 Å². The first kappa shape index (κ1) is 12.4. The van der Waals surface area contributed by atoms with Crippen LogP contribution in [-0.2, 0) is 0 Å². The molecule has 0 aromatic heterocycles. The Balaban J connectivity index is 2.48. The van der Waals surface area contributed by atoms with Gasteiger partial charge >= 0.3 is 0 Å². The number of hydrogen-bond donors (Lipinski definition) is 1.